The molecule has 5 nitrogen and oxygen atoms in total. The average Bonchev–Trinajstić information content (AvgIpc) is 2.33. The molecule has 0 bridgehead atoms. The van der Waals surface area contributed by atoms with Gasteiger partial charge >= 0.3 is 6.09 Å². The summed E-state index contributed by atoms with van der Waals surface area (Å²) in [4.78, 5) is 16.3. The fourth-order valence-electron chi connectivity index (χ4n) is 2.38. The molecule has 21 heavy (non-hydrogen) atoms. The number of nitrogens with two attached hydrogens (primary N) is 1. The third kappa shape index (κ3) is 6.66. The van der Waals surface area contributed by atoms with Crippen LogP contribution in [0, 0.1) is 5.41 Å². The second-order valence-electron chi connectivity index (χ2n) is 8.16. The van der Waals surface area contributed by atoms with Crippen molar-refractivity contribution in [1.29, 1.82) is 0 Å². The van der Waals surface area contributed by atoms with Gasteiger partial charge in [0.1, 0.15) is 5.60 Å². The Labute approximate surface area is 129 Å². The first-order valence-corrected chi connectivity index (χ1v) is 7.94. The van der Waals surface area contributed by atoms with E-state index < -0.39 is 5.60 Å². The maximum atomic E-state index is 12.1. The second-order valence-corrected chi connectivity index (χ2v) is 8.16. The zero-order chi connectivity index (χ0) is 16.3. The maximum Gasteiger partial charge on any atom is 0.410 e. The van der Waals surface area contributed by atoms with Crippen molar-refractivity contribution >= 4 is 6.09 Å². The molecule has 1 heterocycles. The van der Waals surface area contributed by atoms with Crippen LogP contribution in [0.3, 0.4) is 0 Å². The number of piperazine rings is 1. The largest absolute Gasteiger partial charge is 0.444 e. The molecule has 1 atom stereocenters. The minimum Gasteiger partial charge on any atom is -0.444 e. The van der Waals surface area contributed by atoms with Gasteiger partial charge in [-0.3, -0.25) is 4.90 Å². The van der Waals surface area contributed by atoms with Crippen LogP contribution in [-0.4, -0.2) is 60.3 Å². The Bertz CT molecular complexity index is 344. The lowest BCUT2D eigenvalue weighted by atomic mass is 9.91. The SMILES string of the molecule is CC(C)(C)CCN1CCN(C(=O)OC(C)(C)C)CC1CN. The van der Waals surface area contributed by atoms with E-state index in [9.17, 15) is 4.79 Å². The Balaban J connectivity index is 2.54. The van der Waals surface area contributed by atoms with E-state index in [1.54, 1.807) is 4.90 Å². The minimum atomic E-state index is -0.446. The summed E-state index contributed by atoms with van der Waals surface area (Å²) in [5.74, 6) is 0. The standard InChI is InChI=1S/C16H33N3O2/c1-15(2,3)7-8-18-9-10-19(12-13(18)11-17)14(20)21-16(4,5)6/h13H,7-12,17H2,1-6H3. The lowest BCUT2D eigenvalue weighted by molar-refractivity contribution is 0.00340. The number of ether oxygens (including phenoxy) is 1. The zero-order valence-corrected chi connectivity index (χ0v) is 14.6. The summed E-state index contributed by atoms with van der Waals surface area (Å²) in [6.45, 7) is 16.3. The smallest absolute Gasteiger partial charge is 0.410 e. The van der Waals surface area contributed by atoms with E-state index in [-0.39, 0.29) is 12.1 Å². The van der Waals surface area contributed by atoms with E-state index in [0.29, 0.717) is 18.5 Å². The van der Waals surface area contributed by atoms with Gasteiger partial charge in [0.15, 0.2) is 0 Å². The highest BCUT2D eigenvalue weighted by Gasteiger charge is 2.31. The summed E-state index contributed by atoms with van der Waals surface area (Å²) in [5, 5.41) is 0. The van der Waals surface area contributed by atoms with Crippen LogP contribution in [0.1, 0.15) is 48.0 Å². The van der Waals surface area contributed by atoms with Crippen molar-refractivity contribution in [2.24, 2.45) is 11.1 Å². The summed E-state index contributed by atoms with van der Waals surface area (Å²) >= 11 is 0. The highest BCUT2D eigenvalue weighted by Crippen LogP contribution is 2.21. The molecule has 5 heteroatoms. The molecule has 124 valence electrons. The monoisotopic (exact) mass is 299 g/mol. The van der Waals surface area contributed by atoms with Crippen molar-refractivity contribution in [1.82, 2.24) is 9.80 Å². The number of rotatable bonds is 3. The first kappa shape index (κ1) is 18.2. The van der Waals surface area contributed by atoms with Crippen LogP contribution in [0.2, 0.25) is 0 Å². The van der Waals surface area contributed by atoms with Gasteiger partial charge in [0.05, 0.1) is 0 Å². The van der Waals surface area contributed by atoms with Crippen LogP contribution >= 0.6 is 0 Å². The van der Waals surface area contributed by atoms with Crippen molar-refractivity contribution in [2.45, 2.75) is 59.6 Å². The molecular weight excluding hydrogens is 266 g/mol. The normalized spacial score (nSPS) is 21.5. The molecule has 0 saturated carbocycles. The highest BCUT2D eigenvalue weighted by atomic mass is 16.6. The Kier molecular flexibility index (Phi) is 6.05. The number of carbonyl (C=O) groups is 1. The number of amides is 1. The molecule has 0 aliphatic carbocycles. The van der Waals surface area contributed by atoms with Gasteiger partial charge < -0.3 is 15.4 Å². The number of hydrogen-bond donors (Lipinski definition) is 1. The average molecular weight is 299 g/mol. The predicted octanol–water partition coefficient (Wildman–Crippen LogP) is 2.30. The fourth-order valence-corrected chi connectivity index (χ4v) is 2.38. The van der Waals surface area contributed by atoms with Crippen molar-refractivity contribution in [3.05, 3.63) is 0 Å². The summed E-state index contributed by atoms with van der Waals surface area (Å²) in [5.41, 5.74) is 5.78. The summed E-state index contributed by atoms with van der Waals surface area (Å²) in [6.07, 6.45) is 0.909. The molecular formula is C16H33N3O2. The van der Waals surface area contributed by atoms with Gasteiger partial charge in [-0.25, -0.2) is 4.79 Å². The Morgan fingerprint density at radius 3 is 2.29 bits per heavy atom. The molecule has 0 radical (unpaired) electrons. The first-order chi connectivity index (χ1) is 9.52. The van der Waals surface area contributed by atoms with Gasteiger partial charge in [0.2, 0.25) is 0 Å². The molecule has 0 aromatic carbocycles. The molecule has 0 aromatic heterocycles. The predicted molar refractivity (Wildman–Crippen MR) is 86.3 cm³/mol. The van der Waals surface area contributed by atoms with Crippen LogP contribution in [0.4, 0.5) is 4.79 Å². The molecule has 1 rings (SSSR count). The van der Waals surface area contributed by atoms with Gasteiger partial charge in [-0.1, -0.05) is 20.8 Å². The third-order valence-corrected chi connectivity index (χ3v) is 3.68. The summed E-state index contributed by atoms with van der Waals surface area (Å²) in [6, 6.07) is 0.230. The summed E-state index contributed by atoms with van der Waals surface area (Å²) < 4.78 is 5.45. The van der Waals surface area contributed by atoms with Crippen LogP contribution in [0.5, 0.6) is 0 Å². The van der Waals surface area contributed by atoms with Gasteiger partial charge in [0.25, 0.3) is 0 Å². The molecule has 1 aliphatic rings. The van der Waals surface area contributed by atoms with Crippen LogP contribution in [-0.2, 0) is 4.74 Å². The molecule has 2 N–H and O–H groups in total. The Morgan fingerprint density at radius 2 is 1.81 bits per heavy atom. The number of carbonyl (C=O) groups excluding carboxylic acids is 1. The van der Waals surface area contributed by atoms with Crippen molar-refractivity contribution in [3.63, 3.8) is 0 Å². The van der Waals surface area contributed by atoms with E-state index in [4.69, 9.17) is 10.5 Å². The van der Waals surface area contributed by atoms with Crippen molar-refractivity contribution < 1.29 is 9.53 Å². The fraction of sp³-hybridized carbons (Fsp3) is 0.938. The quantitative estimate of drug-likeness (QED) is 0.869. The Hall–Kier alpha value is -0.810. The lowest BCUT2D eigenvalue weighted by Crippen LogP contribution is -2.58. The van der Waals surface area contributed by atoms with E-state index in [1.165, 1.54) is 0 Å². The van der Waals surface area contributed by atoms with Crippen LogP contribution in [0.15, 0.2) is 0 Å². The molecule has 1 fully saturated rings. The molecule has 0 spiro atoms. The second kappa shape index (κ2) is 6.97. The molecule has 1 unspecified atom stereocenters. The topological polar surface area (TPSA) is 58.8 Å². The van der Waals surface area contributed by atoms with Crippen molar-refractivity contribution in [3.8, 4) is 0 Å². The molecule has 0 aromatic rings. The molecule has 1 aliphatic heterocycles. The zero-order valence-electron chi connectivity index (χ0n) is 14.6. The van der Waals surface area contributed by atoms with Crippen LogP contribution < -0.4 is 5.73 Å². The van der Waals surface area contributed by atoms with E-state index in [1.807, 2.05) is 20.8 Å². The number of hydrogen-bond acceptors (Lipinski definition) is 4. The van der Waals surface area contributed by atoms with E-state index in [2.05, 4.69) is 25.7 Å². The Morgan fingerprint density at radius 1 is 1.19 bits per heavy atom. The lowest BCUT2D eigenvalue weighted by Gasteiger charge is -2.42. The summed E-state index contributed by atoms with van der Waals surface area (Å²) in [7, 11) is 0. The number of nitrogens with zero attached hydrogens (tertiary/aromatic N) is 2. The van der Waals surface area contributed by atoms with Gasteiger partial charge in [0, 0.05) is 32.2 Å². The van der Waals surface area contributed by atoms with Crippen molar-refractivity contribution in [2.75, 3.05) is 32.7 Å². The van der Waals surface area contributed by atoms with Gasteiger partial charge in [-0.05, 0) is 39.2 Å². The van der Waals surface area contributed by atoms with E-state index >= 15 is 0 Å². The van der Waals surface area contributed by atoms with Crippen LogP contribution in [0.25, 0.3) is 0 Å². The molecule has 1 saturated heterocycles. The highest BCUT2D eigenvalue weighted by molar-refractivity contribution is 5.68. The maximum absolute atomic E-state index is 12.1. The minimum absolute atomic E-state index is 0.226. The first-order valence-electron chi connectivity index (χ1n) is 7.94. The van der Waals surface area contributed by atoms with E-state index in [0.717, 1.165) is 26.1 Å². The third-order valence-electron chi connectivity index (χ3n) is 3.68. The molecule has 1 amide bonds. The van der Waals surface area contributed by atoms with Gasteiger partial charge in [-0.2, -0.15) is 0 Å². The van der Waals surface area contributed by atoms with Gasteiger partial charge in [-0.15, -0.1) is 0 Å².